The first-order chi connectivity index (χ1) is 9.59. The highest BCUT2D eigenvalue weighted by atomic mass is 16.5. The van der Waals surface area contributed by atoms with Crippen LogP contribution in [-0.2, 0) is 11.3 Å². The van der Waals surface area contributed by atoms with Gasteiger partial charge in [-0.15, -0.1) is 5.10 Å². The smallest absolute Gasteiger partial charge is 0.338 e. The number of hydrogen-bond acceptors (Lipinski definition) is 4. The third kappa shape index (κ3) is 3.33. The first-order valence-corrected chi connectivity index (χ1v) is 6.73. The molecule has 0 aliphatic carbocycles. The van der Waals surface area contributed by atoms with E-state index in [1.165, 1.54) is 6.07 Å². The predicted molar refractivity (Wildman–Crippen MR) is 74.8 cm³/mol. The number of benzene rings is 1. The van der Waals surface area contributed by atoms with Gasteiger partial charge in [0.2, 0.25) is 0 Å². The molecule has 0 aliphatic rings. The van der Waals surface area contributed by atoms with Gasteiger partial charge in [0.15, 0.2) is 0 Å². The van der Waals surface area contributed by atoms with E-state index >= 15 is 0 Å². The molecule has 1 aromatic carbocycles. The van der Waals surface area contributed by atoms with Gasteiger partial charge in [-0.1, -0.05) is 25.1 Å². The van der Waals surface area contributed by atoms with Crippen LogP contribution in [0.2, 0.25) is 0 Å². The molecule has 6 heteroatoms. The Kier molecular flexibility index (Phi) is 4.68. The molecule has 2 rings (SSSR count). The van der Waals surface area contributed by atoms with Crippen molar-refractivity contribution >= 4 is 17.0 Å². The molecule has 0 atom stereocenters. The molecule has 1 heterocycles. The minimum atomic E-state index is -0.983. The third-order valence-electron chi connectivity index (χ3n) is 2.89. The first kappa shape index (κ1) is 14.5. The van der Waals surface area contributed by atoms with Gasteiger partial charge in [0.05, 0.1) is 11.1 Å². The zero-order chi connectivity index (χ0) is 14.5. The van der Waals surface area contributed by atoms with Crippen molar-refractivity contribution < 1.29 is 14.6 Å². The van der Waals surface area contributed by atoms with Gasteiger partial charge in [0.1, 0.15) is 5.52 Å². The van der Waals surface area contributed by atoms with E-state index in [-0.39, 0.29) is 5.56 Å². The fourth-order valence-corrected chi connectivity index (χ4v) is 1.96. The highest BCUT2D eigenvalue weighted by molar-refractivity contribution is 6.00. The number of aromatic carboxylic acids is 1. The summed E-state index contributed by atoms with van der Waals surface area (Å²) < 4.78 is 7.23. The lowest BCUT2D eigenvalue weighted by Gasteiger charge is -2.06. The monoisotopic (exact) mass is 277 g/mol. The normalized spacial score (nSPS) is 11.3. The molecule has 0 unspecified atom stereocenters. The summed E-state index contributed by atoms with van der Waals surface area (Å²) in [7, 11) is 0. The Morgan fingerprint density at radius 1 is 1.45 bits per heavy atom. The number of hydrogen-bond donors (Lipinski definition) is 1. The highest BCUT2D eigenvalue weighted by Crippen LogP contribution is 2.16. The number of fused-ring (bicyclic) bond motifs is 1. The molecule has 1 N–H and O–H groups in total. The van der Waals surface area contributed by atoms with Crippen LogP contribution in [0, 0.1) is 5.92 Å². The Morgan fingerprint density at radius 3 is 2.95 bits per heavy atom. The molecule has 0 amide bonds. The minimum absolute atomic E-state index is 0.185. The molecule has 1 aromatic heterocycles. The van der Waals surface area contributed by atoms with Gasteiger partial charge in [-0.05, 0) is 24.5 Å². The summed E-state index contributed by atoms with van der Waals surface area (Å²) in [4.78, 5) is 11.1. The Bertz CT molecular complexity index is 592. The van der Waals surface area contributed by atoms with Crippen LogP contribution in [0.1, 0.15) is 30.6 Å². The number of aromatic nitrogens is 3. The lowest BCUT2D eigenvalue weighted by atomic mass is 10.2. The first-order valence-electron chi connectivity index (χ1n) is 6.73. The number of rotatable bonds is 7. The minimum Gasteiger partial charge on any atom is -0.478 e. The van der Waals surface area contributed by atoms with Crippen LogP contribution in [0.5, 0.6) is 0 Å². The molecule has 0 saturated heterocycles. The molecule has 6 nitrogen and oxygen atoms in total. The summed E-state index contributed by atoms with van der Waals surface area (Å²) >= 11 is 0. The number of nitrogens with zero attached hydrogens (tertiary/aromatic N) is 3. The Morgan fingerprint density at radius 2 is 2.25 bits per heavy atom. The Hall–Kier alpha value is -1.95. The van der Waals surface area contributed by atoms with Crippen molar-refractivity contribution in [3.8, 4) is 0 Å². The summed E-state index contributed by atoms with van der Waals surface area (Å²) in [6.45, 7) is 6.30. The Balaban J connectivity index is 2.01. The van der Waals surface area contributed by atoms with Crippen molar-refractivity contribution in [2.45, 2.75) is 26.8 Å². The number of carboxylic acids is 1. The summed E-state index contributed by atoms with van der Waals surface area (Å²) in [6, 6.07) is 5.08. The molecule has 0 aliphatic heterocycles. The van der Waals surface area contributed by atoms with Gasteiger partial charge in [0.25, 0.3) is 0 Å². The van der Waals surface area contributed by atoms with E-state index in [1.807, 2.05) is 6.07 Å². The summed E-state index contributed by atoms with van der Waals surface area (Å²) in [5, 5.41) is 17.1. The van der Waals surface area contributed by atoms with Crippen LogP contribution in [-0.4, -0.2) is 39.3 Å². The molecule has 108 valence electrons. The van der Waals surface area contributed by atoms with Crippen molar-refractivity contribution in [3.63, 3.8) is 0 Å². The van der Waals surface area contributed by atoms with Crippen LogP contribution < -0.4 is 0 Å². The predicted octanol–water partition coefficient (Wildman–Crippen LogP) is 2.19. The number of carboxylic acid groups (broad SMARTS) is 1. The van der Waals surface area contributed by atoms with Crippen LogP contribution in [0.15, 0.2) is 18.2 Å². The second-order valence-electron chi connectivity index (χ2n) is 5.11. The van der Waals surface area contributed by atoms with Crippen LogP contribution in [0.25, 0.3) is 11.0 Å². The van der Waals surface area contributed by atoms with E-state index in [2.05, 4.69) is 24.2 Å². The lowest BCUT2D eigenvalue weighted by Crippen LogP contribution is -2.07. The fraction of sp³-hybridized carbons (Fsp3) is 0.500. The number of aryl methyl sites for hydroxylation is 1. The molecule has 2 aromatic rings. The van der Waals surface area contributed by atoms with Gasteiger partial charge in [-0.2, -0.15) is 0 Å². The molecular formula is C14H19N3O3. The quantitative estimate of drug-likeness (QED) is 0.785. The molecule has 0 spiro atoms. The van der Waals surface area contributed by atoms with Gasteiger partial charge < -0.3 is 9.84 Å². The maximum atomic E-state index is 11.1. The number of ether oxygens (including phenoxy) is 1. The topological polar surface area (TPSA) is 77.2 Å². The maximum Gasteiger partial charge on any atom is 0.338 e. The van der Waals surface area contributed by atoms with E-state index in [4.69, 9.17) is 9.84 Å². The highest BCUT2D eigenvalue weighted by Gasteiger charge is 2.13. The largest absolute Gasteiger partial charge is 0.478 e. The van der Waals surface area contributed by atoms with Crippen molar-refractivity contribution in [1.82, 2.24) is 15.0 Å². The van der Waals surface area contributed by atoms with Crippen LogP contribution in [0.3, 0.4) is 0 Å². The summed E-state index contributed by atoms with van der Waals surface area (Å²) in [6.07, 6.45) is 0.822. The molecule has 20 heavy (non-hydrogen) atoms. The van der Waals surface area contributed by atoms with Crippen molar-refractivity contribution in [2.75, 3.05) is 13.2 Å². The van der Waals surface area contributed by atoms with E-state index < -0.39 is 5.97 Å². The molecule has 0 bridgehead atoms. The summed E-state index contributed by atoms with van der Waals surface area (Å²) in [5.74, 6) is -0.455. The average Bonchev–Trinajstić information content (AvgIpc) is 2.81. The summed E-state index contributed by atoms with van der Waals surface area (Å²) in [5.41, 5.74) is 1.36. The van der Waals surface area contributed by atoms with Crippen molar-refractivity contribution in [2.24, 2.45) is 5.92 Å². The Labute approximate surface area is 117 Å². The SMILES string of the molecule is CC(C)COCCCn1nnc2c(C(=O)O)cccc21. The molecule has 0 fully saturated rings. The van der Waals surface area contributed by atoms with Crippen molar-refractivity contribution in [1.29, 1.82) is 0 Å². The van der Waals surface area contributed by atoms with Gasteiger partial charge >= 0.3 is 5.97 Å². The molecule has 0 radical (unpaired) electrons. The third-order valence-corrected chi connectivity index (χ3v) is 2.89. The second-order valence-corrected chi connectivity index (χ2v) is 5.11. The van der Waals surface area contributed by atoms with E-state index in [1.54, 1.807) is 10.7 Å². The fourth-order valence-electron chi connectivity index (χ4n) is 1.96. The van der Waals surface area contributed by atoms with Crippen LogP contribution in [0.4, 0.5) is 0 Å². The zero-order valence-electron chi connectivity index (χ0n) is 11.7. The van der Waals surface area contributed by atoms with Crippen molar-refractivity contribution in [3.05, 3.63) is 23.8 Å². The van der Waals surface area contributed by atoms with Crippen LogP contribution >= 0.6 is 0 Å². The van der Waals surface area contributed by atoms with Gasteiger partial charge in [0, 0.05) is 19.8 Å². The molecule has 0 saturated carbocycles. The van der Waals surface area contributed by atoms with E-state index in [0.29, 0.717) is 24.6 Å². The standard InChI is InChI=1S/C14H19N3O3/c1-10(2)9-20-8-4-7-17-12-6-3-5-11(14(18)19)13(12)15-16-17/h3,5-6,10H,4,7-9H2,1-2H3,(H,18,19). The van der Waals surface area contributed by atoms with E-state index in [9.17, 15) is 4.79 Å². The second kappa shape index (κ2) is 6.47. The van der Waals surface area contributed by atoms with E-state index in [0.717, 1.165) is 18.5 Å². The lowest BCUT2D eigenvalue weighted by molar-refractivity contribution is 0.0699. The maximum absolute atomic E-state index is 11.1. The molecular weight excluding hydrogens is 258 g/mol. The average molecular weight is 277 g/mol. The zero-order valence-corrected chi connectivity index (χ0v) is 11.7. The van der Waals surface area contributed by atoms with Gasteiger partial charge in [-0.3, -0.25) is 0 Å². The number of carbonyl (C=O) groups is 1. The van der Waals surface area contributed by atoms with Gasteiger partial charge in [-0.25, -0.2) is 9.48 Å².